The fraction of sp³-hybridized carbons (Fsp3) is 0.333. The van der Waals surface area contributed by atoms with Gasteiger partial charge in [0.1, 0.15) is 17.5 Å². The molecule has 0 fully saturated rings. The Hall–Kier alpha value is -1.38. The Morgan fingerprint density at radius 2 is 1.95 bits per heavy atom. The van der Waals surface area contributed by atoms with Crippen molar-refractivity contribution in [2.75, 3.05) is 13.7 Å². The lowest BCUT2D eigenvalue weighted by molar-refractivity contribution is 0.186. The maximum Gasteiger partial charge on any atom is 0.170 e. The summed E-state index contributed by atoms with van der Waals surface area (Å²) in [7, 11) is 1.53. The van der Waals surface area contributed by atoms with E-state index in [4.69, 9.17) is 10.5 Å². The Bertz CT molecular complexity index is 594. The van der Waals surface area contributed by atoms with Gasteiger partial charge in [-0.1, -0.05) is 15.9 Å². The van der Waals surface area contributed by atoms with Crippen LogP contribution in [0.1, 0.15) is 5.82 Å². The minimum atomic E-state index is -0.716. The van der Waals surface area contributed by atoms with E-state index in [2.05, 4.69) is 26.1 Å². The highest BCUT2D eigenvalue weighted by Gasteiger charge is 2.20. The zero-order valence-electron chi connectivity index (χ0n) is 10.7. The second-order valence-electron chi connectivity index (χ2n) is 4.03. The van der Waals surface area contributed by atoms with Crippen LogP contribution < -0.4 is 5.73 Å². The number of aromatic nitrogens is 3. The van der Waals surface area contributed by atoms with Crippen molar-refractivity contribution in [3.63, 3.8) is 0 Å². The Labute approximate surface area is 122 Å². The van der Waals surface area contributed by atoms with E-state index < -0.39 is 11.6 Å². The van der Waals surface area contributed by atoms with Crippen LogP contribution in [-0.2, 0) is 17.8 Å². The first-order chi connectivity index (χ1) is 9.58. The maximum absolute atomic E-state index is 14.0. The SMILES string of the molecule is COCCn1c(CN)nnc1-c1c(F)cc(Br)cc1F. The van der Waals surface area contributed by atoms with Crippen LogP contribution >= 0.6 is 15.9 Å². The molecule has 1 aromatic carbocycles. The molecule has 0 bridgehead atoms. The highest BCUT2D eigenvalue weighted by molar-refractivity contribution is 9.10. The number of nitrogens with two attached hydrogens (primary N) is 1. The number of benzene rings is 1. The summed E-state index contributed by atoms with van der Waals surface area (Å²) in [6.45, 7) is 0.842. The van der Waals surface area contributed by atoms with E-state index in [1.807, 2.05) is 0 Å². The van der Waals surface area contributed by atoms with E-state index in [1.165, 1.54) is 19.2 Å². The van der Waals surface area contributed by atoms with Crippen molar-refractivity contribution in [3.05, 3.63) is 34.1 Å². The average Bonchev–Trinajstić information content (AvgIpc) is 2.78. The Balaban J connectivity index is 2.55. The average molecular weight is 347 g/mol. The van der Waals surface area contributed by atoms with E-state index in [9.17, 15) is 8.78 Å². The van der Waals surface area contributed by atoms with Crippen molar-refractivity contribution < 1.29 is 13.5 Å². The van der Waals surface area contributed by atoms with Crippen molar-refractivity contribution in [3.8, 4) is 11.4 Å². The molecule has 2 N–H and O–H groups in total. The van der Waals surface area contributed by atoms with Gasteiger partial charge in [0, 0.05) is 18.1 Å². The molecule has 8 heteroatoms. The third-order valence-electron chi connectivity index (χ3n) is 2.76. The largest absolute Gasteiger partial charge is 0.383 e. The van der Waals surface area contributed by atoms with Crippen LogP contribution in [0.25, 0.3) is 11.4 Å². The lowest BCUT2D eigenvalue weighted by Gasteiger charge is -2.10. The highest BCUT2D eigenvalue weighted by atomic mass is 79.9. The number of ether oxygens (including phenoxy) is 1. The van der Waals surface area contributed by atoms with Gasteiger partial charge in [0.2, 0.25) is 0 Å². The summed E-state index contributed by atoms with van der Waals surface area (Å²) in [5, 5.41) is 7.70. The van der Waals surface area contributed by atoms with Crippen molar-refractivity contribution in [2.45, 2.75) is 13.1 Å². The zero-order valence-corrected chi connectivity index (χ0v) is 12.3. The maximum atomic E-state index is 14.0. The van der Waals surface area contributed by atoms with Crippen LogP contribution in [0.2, 0.25) is 0 Å². The molecule has 0 aliphatic rings. The summed E-state index contributed by atoms with van der Waals surface area (Å²) in [6.07, 6.45) is 0. The molecule has 5 nitrogen and oxygen atoms in total. The minimum absolute atomic E-state index is 0.102. The van der Waals surface area contributed by atoms with E-state index in [0.29, 0.717) is 23.4 Å². The second kappa shape index (κ2) is 6.38. The molecule has 0 saturated carbocycles. The van der Waals surface area contributed by atoms with Gasteiger partial charge < -0.3 is 15.0 Å². The molecular weight excluding hydrogens is 334 g/mol. The number of methoxy groups -OCH3 is 1. The van der Waals surface area contributed by atoms with E-state index in [-0.39, 0.29) is 17.9 Å². The smallest absolute Gasteiger partial charge is 0.170 e. The molecule has 0 spiro atoms. The molecule has 0 unspecified atom stereocenters. The first kappa shape index (κ1) is 15.0. The van der Waals surface area contributed by atoms with Gasteiger partial charge in [-0.2, -0.15) is 0 Å². The van der Waals surface area contributed by atoms with Gasteiger partial charge in [-0.05, 0) is 12.1 Å². The Morgan fingerprint density at radius 3 is 2.50 bits per heavy atom. The van der Waals surface area contributed by atoms with Gasteiger partial charge in [0.15, 0.2) is 5.82 Å². The summed E-state index contributed by atoms with van der Waals surface area (Å²) >= 11 is 3.04. The van der Waals surface area contributed by atoms with E-state index >= 15 is 0 Å². The van der Waals surface area contributed by atoms with Gasteiger partial charge in [0.05, 0.1) is 18.7 Å². The van der Waals surface area contributed by atoms with Crippen molar-refractivity contribution >= 4 is 15.9 Å². The molecule has 0 aliphatic heterocycles. The second-order valence-corrected chi connectivity index (χ2v) is 4.95. The fourth-order valence-electron chi connectivity index (χ4n) is 1.84. The molecule has 2 aromatic rings. The third kappa shape index (κ3) is 2.87. The monoisotopic (exact) mass is 346 g/mol. The lowest BCUT2D eigenvalue weighted by Crippen LogP contribution is -2.13. The van der Waals surface area contributed by atoms with Crippen LogP contribution in [0.15, 0.2) is 16.6 Å². The van der Waals surface area contributed by atoms with E-state index in [0.717, 1.165) is 0 Å². The molecule has 0 aliphatic carbocycles. The van der Waals surface area contributed by atoms with Gasteiger partial charge >= 0.3 is 0 Å². The summed E-state index contributed by atoms with van der Waals surface area (Å²) in [5.41, 5.74) is 5.33. The topological polar surface area (TPSA) is 66.0 Å². The number of nitrogens with zero attached hydrogens (tertiary/aromatic N) is 3. The molecule has 2 rings (SSSR count). The molecule has 0 atom stereocenters. The summed E-state index contributed by atoms with van der Waals surface area (Å²) in [5.74, 6) is -0.887. The summed E-state index contributed by atoms with van der Waals surface area (Å²) in [6, 6.07) is 2.35. The standard InChI is InChI=1S/C12H13BrF2N4O/c1-20-3-2-19-10(6-16)17-18-12(19)11-8(14)4-7(13)5-9(11)15/h4-5H,2-3,6,16H2,1H3. The van der Waals surface area contributed by atoms with Gasteiger partial charge in [0.25, 0.3) is 0 Å². The predicted molar refractivity (Wildman–Crippen MR) is 72.8 cm³/mol. The van der Waals surface area contributed by atoms with Crippen LogP contribution in [-0.4, -0.2) is 28.5 Å². The molecule has 0 amide bonds. The van der Waals surface area contributed by atoms with Gasteiger partial charge in [-0.15, -0.1) is 10.2 Å². The molecule has 20 heavy (non-hydrogen) atoms. The number of halogens is 3. The number of rotatable bonds is 5. The number of hydrogen-bond donors (Lipinski definition) is 1. The Morgan fingerprint density at radius 1 is 1.30 bits per heavy atom. The van der Waals surface area contributed by atoms with E-state index in [1.54, 1.807) is 4.57 Å². The molecule has 1 heterocycles. The molecule has 0 radical (unpaired) electrons. The number of hydrogen-bond acceptors (Lipinski definition) is 4. The summed E-state index contributed by atoms with van der Waals surface area (Å²) in [4.78, 5) is 0. The minimum Gasteiger partial charge on any atom is -0.383 e. The lowest BCUT2D eigenvalue weighted by atomic mass is 10.2. The molecule has 108 valence electrons. The van der Waals surface area contributed by atoms with Gasteiger partial charge in [-0.3, -0.25) is 0 Å². The van der Waals surface area contributed by atoms with Crippen LogP contribution in [0, 0.1) is 11.6 Å². The third-order valence-corrected chi connectivity index (χ3v) is 3.22. The normalized spacial score (nSPS) is 11.1. The Kier molecular flexibility index (Phi) is 4.79. The van der Waals surface area contributed by atoms with Crippen LogP contribution in [0.3, 0.4) is 0 Å². The highest BCUT2D eigenvalue weighted by Crippen LogP contribution is 2.28. The first-order valence-electron chi connectivity index (χ1n) is 5.84. The summed E-state index contributed by atoms with van der Waals surface area (Å²) < 4.78 is 34.8. The zero-order chi connectivity index (χ0) is 14.7. The van der Waals surface area contributed by atoms with Gasteiger partial charge in [-0.25, -0.2) is 8.78 Å². The fourth-order valence-corrected chi connectivity index (χ4v) is 2.25. The van der Waals surface area contributed by atoms with Crippen molar-refractivity contribution in [2.24, 2.45) is 5.73 Å². The predicted octanol–water partition coefficient (Wildman–Crippen LogP) is 2.09. The van der Waals surface area contributed by atoms with Crippen LogP contribution in [0.4, 0.5) is 8.78 Å². The quantitative estimate of drug-likeness (QED) is 0.900. The van der Waals surface area contributed by atoms with Crippen LogP contribution in [0.5, 0.6) is 0 Å². The molecule has 1 aromatic heterocycles. The van der Waals surface area contributed by atoms with Crippen molar-refractivity contribution in [1.82, 2.24) is 14.8 Å². The molecular formula is C12H13BrF2N4O. The molecule has 0 saturated heterocycles. The first-order valence-corrected chi connectivity index (χ1v) is 6.63. The van der Waals surface area contributed by atoms with Crippen molar-refractivity contribution in [1.29, 1.82) is 0 Å².